The van der Waals surface area contributed by atoms with Gasteiger partial charge in [0.25, 0.3) is 0 Å². The van der Waals surface area contributed by atoms with E-state index >= 15 is 0 Å². The molecule has 1 atom stereocenters. The van der Waals surface area contributed by atoms with Gasteiger partial charge in [-0.15, -0.1) is 0 Å². The van der Waals surface area contributed by atoms with Crippen molar-refractivity contribution < 1.29 is 9.47 Å². The monoisotopic (exact) mass is 211 g/mol. The van der Waals surface area contributed by atoms with E-state index in [1.807, 2.05) is 30.3 Å². The second-order valence-electron chi connectivity index (χ2n) is 3.67. The summed E-state index contributed by atoms with van der Waals surface area (Å²) in [4.78, 5) is 0. The molecule has 0 spiro atoms. The van der Waals surface area contributed by atoms with Gasteiger partial charge >= 0.3 is 0 Å². The van der Waals surface area contributed by atoms with Crippen molar-refractivity contribution >= 4 is 5.57 Å². The van der Waals surface area contributed by atoms with Gasteiger partial charge in [-0.05, 0) is 17.7 Å². The highest BCUT2D eigenvalue weighted by molar-refractivity contribution is 5.83. The minimum absolute atomic E-state index is 0.426. The molecule has 0 N–H and O–H groups in total. The average Bonchev–Trinajstić information content (AvgIpc) is 2.37. The highest BCUT2D eigenvalue weighted by Gasteiger charge is 2.27. The number of benzene rings is 1. The molecule has 2 heterocycles. The van der Waals surface area contributed by atoms with E-state index in [4.69, 9.17) is 14.7 Å². The molecule has 1 unspecified atom stereocenters. The number of para-hydroxylation sites is 1. The minimum atomic E-state index is -0.520. The van der Waals surface area contributed by atoms with Gasteiger partial charge in [-0.2, -0.15) is 5.26 Å². The first-order valence-electron chi connectivity index (χ1n) is 5.07. The molecule has 2 aliphatic rings. The van der Waals surface area contributed by atoms with Crippen LogP contribution in [0.2, 0.25) is 0 Å². The number of hydrogen-bond acceptors (Lipinski definition) is 3. The molecule has 0 amide bonds. The summed E-state index contributed by atoms with van der Waals surface area (Å²) in [5.74, 6) is 0.865. The Kier molecular flexibility index (Phi) is 1.94. The summed E-state index contributed by atoms with van der Waals surface area (Å²) in [5, 5.41) is 8.98. The zero-order valence-corrected chi connectivity index (χ0v) is 8.51. The molecule has 3 rings (SSSR count). The molecule has 78 valence electrons. The Morgan fingerprint density at radius 2 is 2.19 bits per heavy atom. The maximum atomic E-state index is 8.98. The van der Waals surface area contributed by atoms with Gasteiger partial charge in [-0.1, -0.05) is 18.2 Å². The van der Waals surface area contributed by atoms with Crippen LogP contribution in [0.3, 0.4) is 0 Å². The van der Waals surface area contributed by atoms with Gasteiger partial charge < -0.3 is 9.47 Å². The third-order valence-corrected chi connectivity index (χ3v) is 2.79. The first kappa shape index (κ1) is 9.05. The fourth-order valence-electron chi connectivity index (χ4n) is 2.01. The summed E-state index contributed by atoms with van der Waals surface area (Å²) in [7, 11) is 0. The molecule has 16 heavy (non-hydrogen) atoms. The van der Waals surface area contributed by atoms with Crippen LogP contribution >= 0.6 is 0 Å². The highest BCUT2D eigenvalue weighted by Crippen LogP contribution is 2.37. The predicted octanol–water partition coefficient (Wildman–Crippen LogP) is 2.27. The van der Waals surface area contributed by atoms with Crippen LogP contribution in [0, 0.1) is 11.3 Å². The van der Waals surface area contributed by atoms with E-state index in [0.717, 1.165) is 22.5 Å². The average molecular weight is 211 g/mol. The van der Waals surface area contributed by atoms with Crippen molar-refractivity contribution in [2.45, 2.75) is 6.10 Å². The van der Waals surface area contributed by atoms with Crippen molar-refractivity contribution in [3.63, 3.8) is 0 Å². The van der Waals surface area contributed by atoms with Gasteiger partial charge in [0.1, 0.15) is 18.4 Å². The Morgan fingerprint density at radius 1 is 1.31 bits per heavy atom. The van der Waals surface area contributed by atoms with E-state index in [1.165, 1.54) is 0 Å². The zero-order valence-electron chi connectivity index (χ0n) is 8.51. The number of ether oxygens (including phenoxy) is 2. The van der Waals surface area contributed by atoms with Gasteiger partial charge in [0.15, 0.2) is 0 Å². The van der Waals surface area contributed by atoms with E-state index in [1.54, 1.807) is 6.26 Å². The van der Waals surface area contributed by atoms with E-state index < -0.39 is 6.10 Å². The number of hydrogen-bond donors (Lipinski definition) is 0. The first-order chi connectivity index (χ1) is 7.90. The van der Waals surface area contributed by atoms with Crippen LogP contribution in [0.15, 0.2) is 42.2 Å². The lowest BCUT2D eigenvalue weighted by atomic mass is 9.93. The maximum Gasteiger partial charge on any atom is 0.208 e. The van der Waals surface area contributed by atoms with Gasteiger partial charge in [-0.25, -0.2) is 0 Å². The van der Waals surface area contributed by atoms with Crippen LogP contribution in [-0.4, -0.2) is 12.7 Å². The van der Waals surface area contributed by atoms with Crippen molar-refractivity contribution in [1.82, 2.24) is 0 Å². The number of fused-ring (bicyclic) bond motifs is 2. The minimum Gasteiger partial charge on any atom is -0.488 e. The van der Waals surface area contributed by atoms with Crippen molar-refractivity contribution in [2.24, 2.45) is 0 Å². The molecule has 0 saturated carbocycles. The standard InChI is InChI=1S/C13H9NO2/c14-7-13-11-8-16-12-4-2-1-3-10(12)9(11)5-6-15-13/h1-6,13H,8H2. The van der Waals surface area contributed by atoms with Crippen LogP contribution in [0.25, 0.3) is 5.57 Å². The lowest BCUT2D eigenvalue weighted by Crippen LogP contribution is -2.23. The van der Waals surface area contributed by atoms with Crippen molar-refractivity contribution in [2.75, 3.05) is 6.61 Å². The van der Waals surface area contributed by atoms with Crippen molar-refractivity contribution in [1.29, 1.82) is 5.26 Å². The third-order valence-electron chi connectivity index (χ3n) is 2.79. The molecule has 1 aromatic carbocycles. The van der Waals surface area contributed by atoms with E-state index in [2.05, 4.69) is 6.07 Å². The zero-order chi connectivity index (χ0) is 11.0. The smallest absolute Gasteiger partial charge is 0.208 e. The quantitative estimate of drug-likeness (QED) is 0.661. The van der Waals surface area contributed by atoms with Crippen molar-refractivity contribution in [3.05, 3.63) is 47.7 Å². The lowest BCUT2D eigenvalue weighted by molar-refractivity contribution is 0.200. The molecule has 3 heteroatoms. The van der Waals surface area contributed by atoms with Gasteiger partial charge in [-0.3, -0.25) is 0 Å². The first-order valence-corrected chi connectivity index (χ1v) is 5.07. The SMILES string of the molecule is N#CC1OC=CC2=C1COc1ccccc12. The number of rotatable bonds is 0. The fraction of sp³-hybridized carbons (Fsp3) is 0.154. The molecular formula is C13H9NO2. The molecule has 0 saturated heterocycles. The topological polar surface area (TPSA) is 42.2 Å². The molecule has 0 bridgehead atoms. The third kappa shape index (κ3) is 1.20. The Bertz CT molecular complexity index is 537. The second kappa shape index (κ2) is 3.42. The maximum absolute atomic E-state index is 8.98. The predicted molar refractivity (Wildman–Crippen MR) is 58.5 cm³/mol. The summed E-state index contributed by atoms with van der Waals surface area (Å²) in [6.07, 6.45) is 2.95. The normalized spacial score (nSPS) is 21.3. The largest absolute Gasteiger partial charge is 0.488 e. The molecule has 0 fully saturated rings. The molecule has 2 aliphatic heterocycles. The number of nitrogens with zero attached hydrogens (tertiary/aromatic N) is 1. The van der Waals surface area contributed by atoms with Crippen LogP contribution in [0.4, 0.5) is 0 Å². The number of allylic oxidation sites excluding steroid dienone is 2. The Hall–Kier alpha value is -2.21. The van der Waals surface area contributed by atoms with Gasteiger partial charge in [0.2, 0.25) is 6.10 Å². The van der Waals surface area contributed by atoms with Crippen LogP contribution in [0.5, 0.6) is 5.75 Å². The molecule has 0 radical (unpaired) electrons. The lowest BCUT2D eigenvalue weighted by Gasteiger charge is -2.27. The van der Waals surface area contributed by atoms with Crippen LogP contribution in [0.1, 0.15) is 5.56 Å². The second-order valence-corrected chi connectivity index (χ2v) is 3.67. The Labute approximate surface area is 93.2 Å². The van der Waals surface area contributed by atoms with E-state index in [-0.39, 0.29) is 0 Å². The summed E-state index contributed by atoms with van der Waals surface area (Å²) >= 11 is 0. The highest BCUT2D eigenvalue weighted by atomic mass is 16.5. The van der Waals surface area contributed by atoms with Gasteiger partial charge in [0.05, 0.1) is 6.26 Å². The molecule has 0 aliphatic carbocycles. The van der Waals surface area contributed by atoms with Gasteiger partial charge in [0, 0.05) is 11.1 Å². The van der Waals surface area contributed by atoms with E-state index in [9.17, 15) is 0 Å². The molecule has 0 aromatic heterocycles. The Balaban J connectivity index is 2.18. The summed E-state index contributed by atoms with van der Waals surface area (Å²) in [6, 6.07) is 9.95. The van der Waals surface area contributed by atoms with Crippen LogP contribution < -0.4 is 4.74 Å². The number of nitriles is 1. The summed E-state index contributed by atoms with van der Waals surface area (Å²) < 4.78 is 10.8. The summed E-state index contributed by atoms with van der Waals surface area (Å²) in [6.45, 7) is 0.426. The van der Waals surface area contributed by atoms with E-state index in [0.29, 0.717) is 6.61 Å². The molecular weight excluding hydrogens is 202 g/mol. The van der Waals surface area contributed by atoms with Crippen LogP contribution in [-0.2, 0) is 4.74 Å². The Morgan fingerprint density at radius 3 is 3.06 bits per heavy atom. The fourth-order valence-corrected chi connectivity index (χ4v) is 2.01. The molecule has 3 nitrogen and oxygen atoms in total. The molecule has 1 aromatic rings. The summed E-state index contributed by atoms with van der Waals surface area (Å²) in [5.41, 5.74) is 2.99. The van der Waals surface area contributed by atoms with Crippen molar-refractivity contribution in [3.8, 4) is 11.8 Å².